The number of rotatable bonds is 6. The number of fused-ring (bicyclic) bond motifs is 1. The van der Waals surface area contributed by atoms with Gasteiger partial charge in [-0.05, 0) is 42.2 Å². The minimum atomic E-state index is -3.36. The van der Waals surface area contributed by atoms with Crippen molar-refractivity contribution in [1.29, 1.82) is 5.26 Å². The molecule has 1 N–H and O–H groups in total. The Morgan fingerprint density at radius 1 is 1.15 bits per heavy atom. The molecular weight excluding hydrogens is 362 g/mol. The first-order chi connectivity index (χ1) is 13.0. The summed E-state index contributed by atoms with van der Waals surface area (Å²) in [5, 5.41) is 11.6. The van der Waals surface area contributed by atoms with Crippen LogP contribution in [0.1, 0.15) is 33.5 Å². The molecule has 7 heteroatoms. The fraction of sp³-hybridized carbons (Fsp3) is 0.300. The lowest BCUT2D eigenvalue weighted by atomic mass is 10.0. The van der Waals surface area contributed by atoms with Crippen molar-refractivity contribution in [3.05, 3.63) is 70.8 Å². The van der Waals surface area contributed by atoms with Crippen LogP contribution < -0.4 is 5.32 Å². The number of benzene rings is 2. The predicted octanol–water partition coefficient (Wildman–Crippen LogP) is 2.07. The summed E-state index contributed by atoms with van der Waals surface area (Å²) < 4.78 is 26.7. The summed E-state index contributed by atoms with van der Waals surface area (Å²) in [5.74, 6) is -0.315. The zero-order chi connectivity index (χ0) is 19.3. The van der Waals surface area contributed by atoms with E-state index in [2.05, 4.69) is 5.32 Å². The van der Waals surface area contributed by atoms with E-state index in [4.69, 9.17) is 5.26 Å². The molecule has 0 aliphatic carbocycles. The smallest absolute Gasteiger partial charge is 0.251 e. The largest absolute Gasteiger partial charge is 0.352 e. The molecule has 6 nitrogen and oxygen atoms in total. The molecule has 0 spiro atoms. The molecule has 1 aliphatic rings. The molecule has 140 valence electrons. The van der Waals surface area contributed by atoms with Crippen LogP contribution >= 0.6 is 0 Å². The molecule has 0 bridgehead atoms. The highest BCUT2D eigenvalue weighted by atomic mass is 32.2. The quantitative estimate of drug-likeness (QED) is 0.773. The van der Waals surface area contributed by atoms with Gasteiger partial charge in [-0.3, -0.25) is 4.79 Å². The first kappa shape index (κ1) is 19.1. The van der Waals surface area contributed by atoms with Gasteiger partial charge in [0.05, 0.1) is 17.4 Å². The maximum atomic E-state index is 12.6. The van der Waals surface area contributed by atoms with Crippen molar-refractivity contribution >= 4 is 15.9 Å². The Bertz CT molecular complexity index is 980. The van der Waals surface area contributed by atoms with Crippen LogP contribution in [0.25, 0.3) is 0 Å². The third-order valence-corrected chi connectivity index (χ3v) is 6.51. The Balaban J connectivity index is 1.50. The summed E-state index contributed by atoms with van der Waals surface area (Å²) in [5.41, 5.74) is 3.06. The summed E-state index contributed by atoms with van der Waals surface area (Å²) in [6, 6.07) is 16.3. The number of nitrogens with zero attached hydrogens (tertiary/aromatic N) is 2. The van der Waals surface area contributed by atoms with Gasteiger partial charge in [-0.15, -0.1) is 0 Å². The Morgan fingerprint density at radius 3 is 2.70 bits per heavy atom. The van der Waals surface area contributed by atoms with Crippen molar-refractivity contribution in [2.75, 3.05) is 18.8 Å². The summed E-state index contributed by atoms with van der Waals surface area (Å²) in [4.78, 5) is 12.1. The monoisotopic (exact) mass is 383 g/mol. The minimum Gasteiger partial charge on any atom is -0.352 e. The third-order valence-electron chi connectivity index (χ3n) is 4.61. The van der Waals surface area contributed by atoms with Gasteiger partial charge >= 0.3 is 0 Å². The van der Waals surface area contributed by atoms with Crippen LogP contribution in [0.15, 0.2) is 48.5 Å². The maximum Gasteiger partial charge on any atom is 0.251 e. The standard InChI is InChI=1S/C20H21N3O3S/c21-14-16-5-3-8-18(13-16)20(24)22-10-4-12-27(25,26)23-11-9-17-6-1-2-7-19(17)15-23/h1-3,5-8,13H,4,9-12,15H2,(H,22,24). The lowest BCUT2D eigenvalue weighted by Crippen LogP contribution is -2.38. The summed E-state index contributed by atoms with van der Waals surface area (Å²) in [6.45, 7) is 1.16. The molecule has 2 aromatic rings. The van der Waals surface area contributed by atoms with Gasteiger partial charge in [-0.25, -0.2) is 8.42 Å². The molecule has 2 aromatic carbocycles. The third kappa shape index (κ3) is 4.73. The second-order valence-electron chi connectivity index (χ2n) is 6.47. The van der Waals surface area contributed by atoms with Gasteiger partial charge in [-0.1, -0.05) is 30.3 Å². The van der Waals surface area contributed by atoms with Crippen molar-refractivity contribution in [2.24, 2.45) is 0 Å². The van der Waals surface area contributed by atoms with Gasteiger partial charge in [0.25, 0.3) is 5.91 Å². The summed E-state index contributed by atoms with van der Waals surface area (Å²) >= 11 is 0. The molecule has 0 aromatic heterocycles. The van der Waals surface area contributed by atoms with Gasteiger partial charge in [0.15, 0.2) is 0 Å². The topological polar surface area (TPSA) is 90.3 Å². The number of carbonyl (C=O) groups excluding carboxylic acids is 1. The van der Waals surface area contributed by atoms with Gasteiger partial charge in [-0.2, -0.15) is 9.57 Å². The number of hydrogen-bond acceptors (Lipinski definition) is 4. The highest BCUT2D eigenvalue weighted by Crippen LogP contribution is 2.21. The molecule has 0 saturated heterocycles. The SMILES string of the molecule is N#Cc1cccc(C(=O)NCCCS(=O)(=O)N2CCc3ccccc3C2)c1. The number of sulfonamides is 1. The van der Waals surface area contributed by atoms with Gasteiger partial charge in [0.1, 0.15) is 0 Å². The van der Waals surface area contributed by atoms with Crippen LogP contribution in [-0.4, -0.2) is 37.5 Å². The Morgan fingerprint density at radius 2 is 1.93 bits per heavy atom. The van der Waals surface area contributed by atoms with E-state index >= 15 is 0 Å². The highest BCUT2D eigenvalue weighted by Gasteiger charge is 2.26. The molecule has 1 heterocycles. The molecule has 1 aliphatic heterocycles. The number of hydrogen-bond donors (Lipinski definition) is 1. The maximum absolute atomic E-state index is 12.6. The lowest BCUT2D eigenvalue weighted by Gasteiger charge is -2.28. The molecule has 0 atom stereocenters. The van der Waals surface area contributed by atoms with E-state index in [1.54, 1.807) is 18.2 Å². The van der Waals surface area contributed by atoms with Crippen molar-refractivity contribution in [2.45, 2.75) is 19.4 Å². The van der Waals surface area contributed by atoms with E-state index in [0.717, 1.165) is 12.0 Å². The van der Waals surface area contributed by atoms with Crippen LogP contribution in [0, 0.1) is 11.3 Å². The van der Waals surface area contributed by atoms with E-state index in [9.17, 15) is 13.2 Å². The zero-order valence-corrected chi connectivity index (χ0v) is 15.7. The average Bonchev–Trinajstić information content (AvgIpc) is 2.70. The molecule has 0 radical (unpaired) electrons. The number of amides is 1. The fourth-order valence-corrected chi connectivity index (χ4v) is 4.60. The molecule has 27 heavy (non-hydrogen) atoms. The number of nitriles is 1. The molecule has 0 saturated carbocycles. The second kappa shape index (κ2) is 8.33. The lowest BCUT2D eigenvalue weighted by molar-refractivity contribution is 0.0953. The van der Waals surface area contributed by atoms with Crippen LogP contribution in [-0.2, 0) is 23.0 Å². The number of nitrogens with one attached hydrogen (secondary N) is 1. The van der Waals surface area contributed by atoms with E-state index in [-0.39, 0.29) is 18.2 Å². The van der Waals surface area contributed by atoms with E-state index in [1.165, 1.54) is 15.9 Å². The van der Waals surface area contributed by atoms with Crippen molar-refractivity contribution < 1.29 is 13.2 Å². The van der Waals surface area contributed by atoms with Gasteiger partial charge < -0.3 is 5.32 Å². The summed E-state index contributed by atoms with van der Waals surface area (Å²) in [7, 11) is -3.36. The second-order valence-corrected chi connectivity index (χ2v) is 8.56. The Hall–Kier alpha value is -2.69. The summed E-state index contributed by atoms with van der Waals surface area (Å²) in [6.07, 6.45) is 1.06. The molecule has 3 rings (SSSR count). The molecule has 1 amide bonds. The predicted molar refractivity (Wildman–Crippen MR) is 102 cm³/mol. The van der Waals surface area contributed by atoms with E-state index in [0.29, 0.717) is 30.6 Å². The highest BCUT2D eigenvalue weighted by molar-refractivity contribution is 7.89. The Kier molecular flexibility index (Phi) is 5.89. The minimum absolute atomic E-state index is 0.00627. The van der Waals surface area contributed by atoms with Gasteiger partial charge in [0.2, 0.25) is 10.0 Å². The Labute approximate surface area is 159 Å². The van der Waals surface area contributed by atoms with Gasteiger partial charge in [0, 0.05) is 25.2 Å². The average molecular weight is 383 g/mol. The normalized spacial score (nSPS) is 14.2. The van der Waals surface area contributed by atoms with Crippen molar-refractivity contribution in [1.82, 2.24) is 9.62 Å². The first-order valence-electron chi connectivity index (χ1n) is 8.82. The first-order valence-corrected chi connectivity index (χ1v) is 10.4. The zero-order valence-electron chi connectivity index (χ0n) is 14.9. The fourth-order valence-electron chi connectivity index (χ4n) is 3.12. The molecule has 0 unspecified atom stereocenters. The van der Waals surface area contributed by atoms with Crippen LogP contribution in [0.2, 0.25) is 0 Å². The van der Waals surface area contributed by atoms with Crippen LogP contribution in [0.5, 0.6) is 0 Å². The van der Waals surface area contributed by atoms with Crippen molar-refractivity contribution in [3.8, 4) is 6.07 Å². The van der Waals surface area contributed by atoms with E-state index in [1.807, 2.05) is 30.3 Å². The van der Waals surface area contributed by atoms with Crippen LogP contribution in [0.3, 0.4) is 0 Å². The number of carbonyl (C=O) groups is 1. The van der Waals surface area contributed by atoms with Crippen LogP contribution in [0.4, 0.5) is 0 Å². The molecule has 0 fully saturated rings. The van der Waals surface area contributed by atoms with Crippen molar-refractivity contribution in [3.63, 3.8) is 0 Å². The van der Waals surface area contributed by atoms with E-state index < -0.39 is 10.0 Å². The molecular formula is C20H21N3O3S.